The Hall–Kier alpha value is -1.82. The highest BCUT2D eigenvalue weighted by Gasteiger charge is 2.17. The highest BCUT2D eigenvalue weighted by atomic mass is 16.4. The fraction of sp³-hybridized carbons (Fsp3) is 0.600. The maximum Gasteiger partial charge on any atom is 0.316 e. The Morgan fingerprint density at radius 2 is 1.90 bits per heavy atom. The molecular weight excluding hydrogens is 268 g/mol. The van der Waals surface area contributed by atoms with Gasteiger partial charge >= 0.3 is 6.01 Å². The molecule has 0 saturated carbocycles. The number of furan rings is 1. The van der Waals surface area contributed by atoms with E-state index in [1.54, 1.807) is 0 Å². The first kappa shape index (κ1) is 15.6. The van der Waals surface area contributed by atoms with Crippen LogP contribution in [-0.4, -0.2) is 16.7 Å². The van der Waals surface area contributed by atoms with E-state index in [9.17, 15) is 0 Å². The second kappa shape index (κ2) is 6.76. The van der Waals surface area contributed by atoms with Gasteiger partial charge in [-0.05, 0) is 46.7 Å². The predicted octanol–water partition coefficient (Wildman–Crippen LogP) is 3.51. The van der Waals surface area contributed by atoms with Gasteiger partial charge in [-0.15, -0.1) is 5.10 Å². The minimum Gasteiger partial charge on any atom is -0.466 e. The van der Waals surface area contributed by atoms with Crippen LogP contribution in [0.1, 0.15) is 62.3 Å². The molecule has 2 aromatic rings. The summed E-state index contributed by atoms with van der Waals surface area (Å²) in [5, 5.41) is 14.7. The van der Waals surface area contributed by atoms with Crippen LogP contribution >= 0.6 is 0 Å². The fourth-order valence-corrected chi connectivity index (χ4v) is 2.26. The summed E-state index contributed by atoms with van der Waals surface area (Å²) in [6.45, 7) is 11.0. The van der Waals surface area contributed by atoms with Gasteiger partial charge in [-0.1, -0.05) is 12.0 Å². The van der Waals surface area contributed by atoms with Crippen molar-refractivity contribution in [1.82, 2.24) is 15.5 Å². The van der Waals surface area contributed by atoms with Crippen molar-refractivity contribution in [2.75, 3.05) is 11.9 Å². The Morgan fingerprint density at radius 3 is 2.52 bits per heavy atom. The molecule has 2 unspecified atom stereocenters. The van der Waals surface area contributed by atoms with Crippen LogP contribution in [0.2, 0.25) is 0 Å². The van der Waals surface area contributed by atoms with Crippen molar-refractivity contribution in [3.8, 4) is 0 Å². The second-order valence-electron chi connectivity index (χ2n) is 5.36. The molecule has 0 amide bonds. The van der Waals surface area contributed by atoms with Crippen LogP contribution in [-0.2, 0) is 0 Å². The fourth-order valence-electron chi connectivity index (χ4n) is 2.26. The molecule has 2 atom stereocenters. The lowest BCUT2D eigenvalue weighted by Crippen LogP contribution is -2.19. The molecule has 0 radical (unpaired) electrons. The van der Waals surface area contributed by atoms with Gasteiger partial charge in [0.2, 0.25) is 5.89 Å². The van der Waals surface area contributed by atoms with Crippen molar-refractivity contribution in [1.29, 1.82) is 0 Å². The molecule has 116 valence electrons. The standard InChI is InChI=1S/C15H24N4O2/c1-6-7-16-11(4)14-18-19-15(21-14)17-10(3)13-8-9(2)20-12(13)5/h8,10-11,16H,6-7H2,1-5H3,(H,17,19). The summed E-state index contributed by atoms with van der Waals surface area (Å²) < 4.78 is 11.2. The number of nitrogens with zero attached hydrogens (tertiary/aromatic N) is 2. The zero-order valence-corrected chi connectivity index (χ0v) is 13.4. The number of hydrogen-bond donors (Lipinski definition) is 2. The summed E-state index contributed by atoms with van der Waals surface area (Å²) in [7, 11) is 0. The van der Waals surface area contributed by atoms with E-state index in [-0.39, 0.29) is 12.1 Å². The highest BCUT2D eigenvalue weighted by Crippen LogP contribution is 2.25. The predicted molar refractivity (Wildman–Crippen MR) is 81.2 cm³/mol. The number of rotatable bonds is 7. The summed E-state index contributed by atoms with van der Waals surface area (Å²) in [4.78, 5) is 0. The first-order valence-electron chi connectivity index (χ1n) is 7.41. The van der Waals surface area contributed by atoms with Gasteiger partial charge in [0, 0.05) is 5.56 Å². The van der Waals surface area contributed by atoms with Gasteiger partial charge in [0.15, 0.2) is 0 Å². The Bertz CT molecular complexity index is 576. The zero-order valence-electron chi connectivity index (χ0n) is 13.4. The van der Waals surface area contributed by atoms with Crippen LogP contribution < -0.4 is 10.6 Å². The molecule has 0 aliphatic rings. The van der Waals surface area contributed by atoms with Crippen LogP contribution in [0.5, 0.6) is 0 Å². The van der Waals surface area contributed by atoms with E-state index in [0.29, 0.717) is 11.9 Å². The van der Waals surface area contributed by atoms with Gasteiger partial charge in [-0.2, -0.15) is 0 Å². The lowest BCUT2D eigenvalue weighted by Gasteiger charge is -2.11. The highest BCUT2D eigenvalue weighted by molar-refractivity contribution is 5.31. The summed E-state index contributed by atoms with van der Waals surface area (Å²) in [5.41, 5.74) is 1.10. The molecule has 0 aliphatic heterocycles. The van der Waals surface area contributed by atoms with Crippen LogP contribution in [0, 0.1) is 13.8 Å². The van der Waals surface area contributed by atoms with Crippen LogP contribution in [0.3, 0.4) is 0 Å². The molecule has 2 aromatic heterocycles. The van der Waals surface area contributed by atoms with Gasteiger partial charge in [0.05, 0.1) is 12.1 Å². The Balaban J connectivity index is 2.00. The summed E-state index contributed by atoms with van der Waals surface area (Å²) in [5.74, 6) is 2.41. The molecule has 0 spiro atoms. The molecular formula is C15H24N4O2. The van der Waals surface area contributed by atoms with E-state index < -0.39 is 0 Å². The lowest BCUT2D eigenvalue weighted by molar-refractivity contribution is 0.421. The van der Waals surface area contributed by atoms with Gasteiger partial charge in [0.1, 0.15) is 11.5 Å². The molecule has 6 heteroatoms. The van der Waals surface area contributed by atoms with Crippen LogP contribution in [0.25, 0.3) is 0 Å². The van der Waals surface area contributed by atoms with Gasteiger partial charge in [-0.3, -0.25) is 0 Å². The summed E-state index contributed by atoms with van der Waals surface area (Å²) >= 11 is 0. The van der Waals surface area contributed by atoms with Crippen LogP contribution in [0.15, 0.2) is 14.9 Å². The van der Waals surface area contributed by atoms with Crippen molar-refractivity contribution in [3.05, 3.63) is 29.0 Å². The number of hydrogen-bond acceptors (Lipinski definition) is 6. The molecule has 0 saturated heterocycles. The molecule has 2 heterocycles. The van der Waals surface area contributed by atoms with E-state index in [0.717, 1.165) is 30.0 Å². The molecule has 21 heavy (non-hydrogen) atoms. The third kappa shape index (κ3) is 3.85. The van der Waals surface area contributed by atoms with Crippen molar-refractivity contribution < 1.29 is 8.83 Å². The first-order chi connectivity index (χ1) is 10.0. The van der Waals surface area contributed by atoms with Gasteiger partial charge in [0.25, 0.3) is 0 Å². The minimum atomic E-state index is 0.0506. The van der Waals surface area contributed by atoms with E-state index in [2.05, 4.69) is 27.8 Å². The van der Waals surface area contributed by atoms with E-state index in [4.69, 9.17) is 8.83 Å². The van der Waals surface area contributed by atoms with Gasteiger partial charge < -0.3 is 19.5 Å². The normalized spacial score (nSPS) is 14.1. The average Bonchev–Trinajstić information content (AvgIpc) is 3.02. The Kier molecular flexibility index (Phi) is 5.01. The quantitative estimate of drug-likeness (QED) is 0.813. The van der Waals surface area contributed by atoms with E-state index in [1.165, 1.54) is 0 Å². The molecule has 0 fully saturated rings. The van der Waals surface area contributed by atoms with Gasteiger partial charge in [-0.25, -0.2) is 0 Å². The van der Waals surface area contributed by atoms with E-state index >= 15 is 0 Å². The molecule has 6 nitrogen and oxygen atoms in total. The number of nitrogens with one attached hydrogen (secondary N) is 2. The van der Waals surface area contributed by atoms with Crippen molar-refractivity contribution in [2.24, 2.45) is 0 Å². The minimum absolute atomic E-state index is 0.0506. The molecule has 2 N–H and O–H groups in total. The summed E-state index contributed by atoms with van der Waals surface area (Å²) in [6.07, 6.45) is 1.07. The third-order valence-electron chi connectivity index (χ3n) is 3.40. The average molecular weight is 292 g/mol. The molecule has 0 bridgehead atoms. The topological polar surface area (TPSA) is 76.1 Å². The zero-order chi connectivity index (χ0) is 15.4. The van der Waals surface area contributed by atoms with Crippen LogP contribution in [0.4, 0.5) is 6.01 Å². The van der Waals surface area contributed by atoms with E-state index in [1.807, 2.05) is 33.8 Å². The Morgan fingerprint density at radius 1 is 1.14 bits per heavy atom. The molecule has 2 rings (SSSR count). The monoisotopic (exact) mass is 292 g/mol. The SMILES string of the molecule is CCCNC(C)c1nnc(NC(C)c2cc(C)oc2C)o1. The number of anilines is 1. The maximum atomic E-state index is 5.65. The Labute approximate surface area is 125 Å². The first-order valence-corrected chi connectivity index (χ1v) is 7.41. The van der Waals surface area contributed by atoms with Crippen molar-refractivity contribution >= 4 is 6.01 Å². The largest absolute Gasteiger partial charge is 0.466 e. The smallest absolute Gasteiger partial charge is 0.316 e. The maximum absolute atomic E-state index is 5.65. The molecule has 0 aromatic carbocycles. The lowest BCUT2D eigenvalue weighted by atomic mass is 10.1. The van der Waals surface area contributed by atoms with Crippen molar-refractivity contribution in [2.45, 2.75) is 53.1 Å². The molecule has 0 aliphatic carbocycles. The second-order valence-corrected chi connectivity index (χ2v) is 5.36. The third-order valence-corrected chi connectivity index (χ3v) is 3.40. The van der Waals surface area contributed by atoms with Crippen molar-refractivity contribution in [3.63, 3.8) is 0 Å². The number of aromatic nitrogens is 2. The summed E-state index contributed by atoms with van der Waals surface area (Å²) in [6, 6.07) is 2.56. The number of aryl methyl sites for hydroxylation is 2.